The maximum absolute atomic E-state index is 13.9. The Labute approximate surface area is 202 Å². The van der Waals surface area contributed by atoms with Gasteiger partial charge in [0.15, 0.2) is 23.0 Å². The molecule has 3 aromatic rings. The Morgan fingerprint density at radius 3 is 2.57 bits per heavy atom. The van der Waals surface area contributed by atoms with Gasteiger partial charge in [0, 0.05) is 23.9 Å². The average Bonchev–Trinajstić information content (AvgIpc) is 3.36. The van der Waals surface area contributed by atoms with Crippen LogP contribution in [0.25, 0.3) is 0 Å². The first-order valence-corrected chi connectivity index (χ1v) is 11.4. The zero-order chi connectivity index (χ0) is 24.1. The van der Waals surface area contributed by atoms with Crippen molar-refractivity contribution in [3.63, 3.8) is 0 Å². The highest BCUT2D eigenvalue weighted by Gasteiger charge is 2.46. The quantitative estimate of drug-likeness (QED) is 0.620. The highest BCUT2D eigenvalue weighted by molar-refractivity contribution is 6.04. The molecule has 2 amide bonds. The summed E-state index contributed by atoms with van der Waals surface area (Å²) in [4.78, 5) is 29.2. The SMILES string of the molecule is COc1cc2c(cc1OC)C1C(C(=O)Nc3ccc4c(c3)OCO4)c3ccccc3C(=O)N1CC2. The number of fused-ring (bicyclic) bond motifs is 5. The third kappa shape index (κ3) is 3.36. The summed E-state index contributed by atoms with van der Waals surface area (Å²) >= 11 is 0. The predicted molar refractivity (Wildman–Crippen MR) is 127 cm³/mol. The van der Waals surface area contributed by atoms with Gasteiger partial charge < -0.3 is 29.2 Å². The molecule has 2 unspecified atom stereocenters. The van der Waals surface area contributed by atoms with E-state index in [0.29, 0.717) is 52.8 Å². The smallest absolute Gasteiger partial charge is 0.254 e. The van der Waals surface area contributed by atoms with E-state index in [2.05, 4.69) is 5.32 Å². The molecule has 0 aliphatic carbocycles. The van der Waals surface area contributed by atoms with E-state index < -0.39 is 12.0 Å². The number of nitrogens with one attached hydrogen (secondary N) is 1. The normalized spacial score (nSPS) is 19.4. The van der Waals surface area contributed by atoms with Crippen molar-refractivity contribution in [3.05, 3.63) is 76.9 Å². The number of rotatable bonds is 4. The first-order valence-electron chi connectivity index (χ1n) is 11.4. The van der Waals surface area contributed by atoms with Crippen LogP contribution in [0.2, 0.25) is 0 Å². The zero-order valence-electron chi connectivity index (χ0n) is 19.4. The van der Waals surface area contributed by atoms with E-state index in [0.717, 1.165) is 11.1 Å². The number of benzene rings is 3. The Hall–Kier alpha value is -4.20. The number of amides is 2. The molecule has 0 radical (unpaired) electrons. The van der Waals surface area contributed by atoms with Crippen LogP contribution in [-0.2, 0) is 11.2 Å². The molecule has 3 heterocycles. The standard InChI is InChI=1S/C27H24N2O6/c1-32-21-11-15-9-10-29-25(19(15)13-22(21)33-2)24(17-5-3-4-6-18(17)27(29)31)26(30)28-16-7-8-20-23(12-16)35-14-34-20/h3-8,11-13,24-25H,9-10,14H2,1-2H3,(H,28,30). The summed E-state index contributed by atoms with van der Waals surface area (Å²) in [5.41, 5.74) is 3.79. The molecular weight excluding hydrogens is 448 g/mol. The van der Waals surface area contributed by atoms with Gasteiger partial charge in [0.2, 0.25) is 12.7 Å². The molecule has 178 valence electrons. The van der Waals surface area contributed by atoms with Gasteiger partial charge in [-0.15, -0.1) is 0 Å². The van der Waals surface area contributed by atoms with Crippen LogP contribution in [0.3, 0.4) is 0 Å². The van der Waals surface area contributed by atoms with E-state index in [1.165, 1.54) is 0 Å². The summed E-state index contributed by atoms with van der Waals surface area (Å²) in [6.07, 6.45) is 0.663. The van der Waals surface area contributed by atoms with Crippen molar-refractivity contribution >= 4 is 17.5 Å². The number of nitrogens with zero attached hydrogens (tertiary/aromatic N) is 1. The first-order chi connectivity index (χ1) is 17.1. The number of carbonyl (C=O) groups is 2. The average molecular weight is 472 g/mol. The molecule has 8 nitrogen and oxygen atoms in total. The van der Waals surface area contributed by atoms with Crippen LogP contribution in [0, 0.1) is 0 Å². The van der Waals surface area contributed by atoms with Crippen LogP contribution >= 0.6 is 0 Å². The van der Waals surface area contributed by atoms with Gasteiger partial charge in [0.25, 0.3) is 5.91 Å². The Balaban J connectivity index is 1.46. The number of carbonyl (C=O) groups excluding carboxylic acids is 2. The molecule has 6 rings (SSSR count). The zero-order valence-corrected chi connectivity index (χ0v) is 19.4. The largest absolute Gasteiger partial charge is 0.493 e. The Morgan fingerprint density at radius 2 is 1.74 bits per heavy atom. The van der Waals surface area contributed by atoms with Crippen molar-refractivity contribution in [1.29, 1.82) is 0 Å². The topological polar surface area (TPSA) is 86.3 Å². The van der Waals surface area contributed by atoms with Crippen molar-refractivity contribution in [2.24, 2.45) is 0 Å². The summed E-state index contributed by atoms with van der Waals surface area (Å²) in [6, 6.07) is 16.0. The minimum Gasteiger partial charge on any atom is -0.493 e. The molecule has 3 aliphatic heterocycles. The number of hydrogen-bond acceptors (Lipinski definition) is 6. The van der Waals surface area contributed by atoms with Crippen molar-refractivity contribution in [2.45, 2.75) is 18.4 Å². The summed E-state index contributed by atoms with van der Waals surface area (Å²) in [5.74, 6) is 1.53. The maximum Gasteiger partial charge on any atom is 0.254 e. The molecule has 8 heteroatoms. The van der Waals surface area contributed by atoms with Crippen LogP contribution in [0.15, 0.2) is 54.6 Å². The Morgan fingerprint density at radius 1 is 0.971 bits per heavy atom. The van der Waals surface area contributed by atoms with Crippen molar-refractivity contribution < 1.29 is 28.5 Å². The fourth-order valence-corrected chi connectivity index (χ4v) is 5.33. The van der Waals surface area contributed by atoms with Crippen LogP contribution in [0.4, 0.5) is 5.69 Å². The fourth-order valence-electron chi connectivity index (χ4n) is 5.33. The second-order valence-electron chi connectivity index (χ2n) is 8.72. The molecule has 0 saturated heterocycles. The lowest BCUT2D eigenvalue weighted by atomic mass is 9.75. The monoisotopic (exact) mass is 472 g/mol. The van der Waals surface area contributed by atoms with E-state index in [9.17, 15) is 9.59 Å². The van der Waals surface area contributed by atoms with Gasteiger partial charge in [0.1, 0.15) is 0 Å². The second-order valence-corrected chi connectivity index (χ2v) is 8.72. The number of anilines is 1. The lowest BCUT2D eigenvalue weighted by Crippen LogP contribution is -2.49. The fraction of sp³-hybridized carbons (Fsp3) is 0.259. The van der Waals surface area contributed by atoms with E-state index in [-0.39, 0.29) is 18.6 Å². The first kappa shape index (κ1) is 21.3. The minimum absolute atomic E-state index is 0.0711. The van der Waals surface area contributed by atoms with Crippen molar-refractivity contribution in [1.82, 2.24) is 4.90 Å². The third-order valence-electron chi connectivity index (χ3n) is 6.95. The van der Waals surface area contributed by atoms with Gasteiger partial charge in [0.05, 0.1) is 26.2 Å². The van der Waals surface area contributed by atoms with Crippen molar-refractivity contribution in [3.8, 4) is 23.0 Å². The summed E-state index contributed by atoms with van der Waals surface area (Å²) in [7, 11) is 3.18. The van der Waals surface area contributed by atoms with E-state index >= 15 is 0 Å². The molecule has 0 bridgehead atoms. The van der Waals surface area contributed by atoms with Gasteiger partial charge in [-0.1, -0.05) is 18.2 Å². The van der Waals surface area contributed by atoms with Crippen LogP contribution in [0.1, 0.15) is 39.0 Å². The molecule has 3 aliphatic rings. The van der Waals surface area contributed by atoms with Crippen LogP contribution in [0.5, 0.6) is 23.0 Å². The number of ether oxygens (including phenoxy) is 4. The molecule has 0 spiro atoms. The molecule has 1 N–H and O–H groups in total. The highest BCUT2D eigenvalue weighted by atomic mass is 16.7. The van der Waals surface area contributed by atoms with Gasteiger partial charge >= 0.3 is 0 Å². The third-order valence-corrected chi connectivity index (χ3v) is 6.95. The van der Waals surface area contributed by atoms with Crippen LogP contribution in [-0.4, -0.2) is 44.3 Å². The predicted octanol–water partition coefficient (Wildman–Crippen LogP) is 3.91. The summed E-state index contributed by atoms with van der Waals surface area (Å²) < 4.78 is 21.9. The molecular formula is C27H24N2O6. The summed E-state index contributed by atoms with van der Waals surface area (Å²) in [6.45, 7) is 0.665. The number of hydrogen-bond donors (Lipinski definition) is 1. The number of methoxy groups -OCH3 is 2. The van der Waals surface area contributed by atoms with Crippen LogP contribution < -0.4 is 24.3 Å². The van der Waals surface area contributed by atoms with Gasteiger partial charge in [-0.2, -0.15) is 0 Å². The molecule has 2 atom stereocenters. The van der Waals surface area contributed by atoms with E-state index in [4.69, 9.17) is 18.9 Å². The summed E-state index contributed by atoms with van der Waals surface area (Å²) in [5, 5.41) is 3.04. The maximum atomic E-state index is 13.9. The lowest BCUT2D eigenvalue weighted by molar-refractivity contribution is -0.119. The molecule has 3 aromatic carbocycles. The molecule has 0 aromatic heterocycles. The highest BCUT2D eigenvalue weighted by Crippen LogP contribution is 2.48. The molecule has 0 saturated carbocycles. The molecule has 0 fully saturated rings. The van der Waals surface area contributed by atoms with Gasteiger partial charge in [-0.05, 0) is 53.4 Å². The Bertz CT molecular complexity index is 1350. The Kier molecular flexibility index (Phi) is 5.02. The van der Waals surface area contributed by atoms with E-state index in [1.807, 2.05) is 30.3 Å². The van der Waals surface area contributed by atoms with E-state index in [1.54, 1.807) is 43.4 Å². The minimum atomic E-state index is -0.619. The lowest BCUT2D eigenvalue weighted by Gasteiger charge is -2.45. The van der Waals surface area contributed by atoms with Gasteiger partial charge in [-0.3, -0.25) is 9.59 Å². The molecule has 35 heavy (non-hydrogen) atoms. The van der Waals surface area contributed by atoms with Crippen molar-refractivity contribution in [2.75, 3.05) is 32.9 Å². The van der Waals surface area contributed by atoms with Gasteiger partial charge in [-0.25, -0.2) is 0 Å². The second kappa shape index (κ2) is 8.23.